The molecule has 0 aromatic carbocycles. The van der Waals surface area contributed by atoms with Gasteiger partial charge >= 0.3 is 0 Å². The summed E-state index contributed by atoms with van der Waals surface area (Å²) in [7, 11) is 0. The molecule has 0 spiro atoms. The van der Waals surface area contributed by atoms with Gasteiger partial charge in [0.05, 0.1) is 12.2 Å². The number of carbonyl (C=O) groups is 1. The van der Waals surface area contributed by atoms with Crippen LogP contribution in [0.15, 0.2) is 15.4 Å². The molecule has 2 atom stereocenters. The number of imidazole rings is 1. The molecule has 32 heavy (non-hydrogen) atoms. The van der Waals surface area contributed by atoms with Crippen LogP contribution in [0.1, 0.15) is 78.2 Å². The van der Waals surface area contributed by atoms with Crippen LogP contribution in [0, 0.1) is 18.8 Å². The Morgan fingerprint density at radius 2 is 2.16 bits per heavy atom. The second-order valence-electron chi connectivity index (χ2n) is 8.90. The summed E-state index contributed by atoms with van der Waals surface area (Å²) in [5.41, 5.74) is 0.688. The standard InChI is InChI=1S/C21H27BrN8O2/c1-12-18(29-32-28-12)21(31)25-19(14-5-3-2-4-6-14)20-24-16(26-27-20)9-13-7-8-17-23-10-15(22)30(17)11-13/h10,13-14,19H,2-9,11H2,1H3,(H,25,31)(H,24,26,27)/t13-,19+/m1/s1. The normalized spacial score (nSPS) is 20.1. The minimum Gasteiger partial charge on any atom is -0.340 e. The summed E-state index contributed by atoms with van der Waals surface area (Å²) in [6, 6.07) is -0.260. The number of fused-ring (bicyclic) bond motifs is 1. The van der Waals surface area contributed by atoms with Crippen molar-refractivity contribution in [3.8, 4) is 0 Å². The van der Waals surface area contributed by atoms with Crippen LogP contribution in [0.25, 0.3) is 0 Å². The number of hydrogen-bond acceptors (Lipinski definition) is 7. The summed E-state index contributed by atoms with van der Waals surface area (Å²) in [6.45, 7) is 2.62. The van der Waals surface area contributed by atoms with Crippen molar-refractivity contribution in [2.45, 2.75) is 70.9 Å². The third kappa shape index (κ3) is 4.35. The zero-order valence-electron chi connectivity index (χ0n) is 18.1. The molecule has 1 amide bonds. The van der Waals surface area contributed by atoms with Gasteiger partial charge in [-0.15, -0.1) is 0 Å². The monoisotopic (exact) mass is 502 g/mol. The molecule has 2 N–H and O–H groups in total. The molecule has 10 nitrogen and oxygen atoms in total. The van der Waals surface area contributed by atoms with Crippen molar-refractivity contribution >= 4 is 21.8 Å². The van der Waals surface area contributed by atoms with Gasteiger partial charge < -0.3 is 9.88 Å². The Hall–Kier alpha value is -2.56. The van der Waals surface area contributed by atoms with Crippen molar-refractivity contribution in [3.63, 3.8) is 0 Å². The van der Waals surface area contributed by atoms with Crippen molar-refractivity contribution < 1.29 is 9.42 Å². The summed E-state index contributed by atoms with van der Waals surface area (Å²) >= 11 is 3.58. The van der Waals surface area contributed by atoms with E-state index < -0.39 is 0 Å². The molecule has 170 valence electrons. The highest BCUT2D eigenvalue weighted by molar-refractivity contribution is 9.10. The number of hydrogen-bond donors (Lipinski definition) is 2. The predicted molar refractivity (Wildman–Crippen MR) is 118 cm³/mol. The van der Waals surface area contributed by atoms with Gasteiger partial charge in [0.25, 0.3) is 5.91 Å². The quantitative estimate of drug-likeness (QED) is 0.528. The Morgan fingerprint density at radius 1 is 1.31 bits per heavy atom. The molecule has 1 aliphatic heterocycles. The first-order valence-electron chi connectivity index (χ1n) is 11.3. The molecule has 0 radical (unpaired) electrons. The van der Waals surface area contributed by atoms with Crippen LogP contribution in [-0.2, 0) is 19.4 Å². The van der Waals surface area contributed by atoms with Crippen LogP contribution < -0.4 is 5.32 Å². The van der Waals surface area contributed by atoms with Gasteiger partial charge in [-0.05, 0) is 59.1 Å². The maximum absolute atomic E-state index is 12.8. The number of nitrogens with one attached hydrogen (secondary N) is 2. The molecule has 11 heteroatoms. The lowest BCUT2D eigenvalue weighted by Gasteiger charge is -2.28. The summed E-state index contributed by atoms with van der Waals surface area (Å²) in [5.74, 6) is 3.10. The molecule has 1 saturated carbocycles. The fourth-order valence-electron chi connectivity index (χ4n) is 4.95. The Balaban J connectivity index is 1.32. The number of aromatic amines is 1. The van der Waals surface area contributed by atoms with Gasteiger partial charge in [-0.3, -0.25) is 9.89 Å². The summed E-state index contributed by atoms with van der Waals surface area (Å²) < 4.78 is 7.96. The Morgan fingerprint density at radius 3 is 2.94 bits per heavy atom. The second kappa shape index (κ2) is 9.13. The largest absolute Gasteiger partial charge is 0.340 e. The third-order valence-corrected chi connectivity index (χ3v) is 7.32. The van der Waals surface area contributed by atoms with E-state index in [4.69, 9.17) is 9.61 Å². The lowest BCUT2D eigenvalue weighted by molar-refractivity contribution is 0.0898. The molecule has 0 saturated heterocycles. The molecule has 0 bridgehead atoms. The van der Waals surface area contributed by atoms with Crippen molar-refractivity contribution in [1.29, 1.82) is 0 Å². The Bertz CT molecular complexity index is 1080. The van der Waals surface area contributed by atoms with E-state index in [2.05, 4.69) is 51.3 Å². The van der Waals surface area contributed by atoms with E-state index >= 15 is 0 Å². The van der Waals surface area contributed by atoms with Crippen LogP contribution in [0.3, 0.4) is 0 Å². The summed E-state index contributed by atoms with van der Waals surface area (Å²) in [6.07, 6.45) is 10.4. The molecule has 5 rings (SSSR count). The minimum absolute atomic E-state index is 0.213. The van der Waals surface area contributed by atoms with Gasteiger partial charge in [-0.1, -0.05) is 24.4 Å². The van der Waals surface area contributed by atoms with E-state index in [1.165, 1.54) is 6.42 Å². The number of nitrogens with zero attached hydrogens (tertiary/aromatic N) is 6. The van der Waals surface area contributed by atoms with E-state index in [1.54, 1.807) is 6.92 Å². The minimum atomic E-state index is -0.296. The molecular formula is C21H27BrN8O2. The maximum atomic E-state index is 12.8. The van der Waals surface area contributed by atoms with Gasteiger partial charge in [-0.2, -0.15) is 5.10 Å². The number of carbonyl (C=O) groups excluding carboxylic acids is 1. The van der Waals surface area contributed by atoms with Gasteiger partial charge in [0.1, 0.15) is 21.9 Å². The lowest BCUT2D eigenvalue weighted by atomic mass is 9.83. The van der Waals surface area contributed by atoms with E-state index in [9.17, 15) is 4.79 Å². The lowest BCUT2D eigenvalue weighted by Crippen LogP contribution is -2.35. The van der Waals surface area contributed by atoms with E-state index in [-0.39, 0.29) is 17.6 Å². The fraction of sp³-hybridized carbons (Fsp3) is 0.619. The highest BCUT2D eigenvalue weighted by atomic mass is 79.9. The zero-order chi connectivity index (χ0) is 22.1. The number of rotatable bonds is 6. The molecule has 3 aromatic heterocycles. The Labute approximate surface area is 194 Å². The molecule has 1 fully saturated rings. The average molecular weight is 503 g/mol. The second-order valence-corrected chi connectivity index (χ2v) is 9.72. The number of aromatic nitrogens is 7. The smallest absolute Gasteiger partial charge is 0.276 e. The predicted octanol–water partition coefficient (Wildman–Crippen LogP) is 3.31. The fourth-order valence-corrected chi connectivity index (χ4v) is 5.41. The first-order valence-corrected chi connectivity index (χ1v) is 12.1. The summed E-state index contributed by atoms with van der Waals surface area (Å²) in [5, 5.41) is 18.2. The highest BCUT2D eigenvalue weighted by Crippen LogP contribution is 2.34. The molecule has 3 aromatic rings. The van der Waals surface area contributed by atoms with E-state index in [0.717, 1.165) is 67.7 Å². The molecule has 2 aliphatic rings. The SMILES string of the molecule is Cc1nonc1C(=O)N[C@H](c1n[nH]c(C[C@H]2CCc3ncc(Br)n3C2)n1)C1CCCCC1. The van der Waals surface area contributed by atoms with Gasteiger partial charge in [0, 0.05) is 19.4 Å². The highest BCUT2D eigenvalue weighted by Gasteiger charge is 2.32. The van der Waals surface area contributed by atoms with Gasteiger partial charge in [-0.25, -0.2) is 14.6 Å². The van der Waals surface area contributed by atoms with Crippen molar-refractivity contribution in [2.75, 3.05) is 0 Å². The average Bonchev–Trinajstić information content (AvgIpc) is 3.53. The maximum Gasteiger partial charge on any atom is 0.276 e. The first-order chi connectivity index (χ1) is 15.6. The first kappa shape index (κ1) is 21.3. The topological polar surface area (TPSA) is 127 Å². The van der Waals surface area contributed by atoms with Crippen LogP contribution in [-0.4, -0.2) is 41.0 Å². The van der Waals surface area contributed by atoms with E-state index in [1.807, 2.05) is 6.20 Å². The Kier molecular flexibility index (Phi) is 6.07. The van der Waals surface area contributed by atoms with Gasteiger partial charge in [0.2, 0.25) is 0 Å². The van der Waals surface area contributed by atoms with Crippen molar-refractivity contribution in [3.05, 3.63) is 39.7 Å². The molecule has 0 unspecified atom stereocenters. The number of H-pyrrole nitrogens is 1. The number of aryl methyl sites for hydroxylation is 2. The molecular weight excluding hydrogens is 476 g/mol. The summed E-state index contributed by atoms with van der Waals surface area (Å²) in [4.78, 5) is 22.1. The number of halogens is 1. The van der Waals surface area contributed by atoms with Crippen LogP contribution in [0.2, 0.25) is 0 Å². The zero-order valence-corrected chi connectivity index (χ0v) is 19.6. The van der Waals surface area contributed by atoms with Gasteiger partial charge in [0.15, 0.2) is 11.5 Å². The molecule has 4 heterocycles. The van der Waals surface area contributed by atoms with Crippen LogP contribution in [0.4, 0.5) is 0 Å². The third-order valence-electron chi connectivity index (χ3n) is 6.69. The van der Waals surface area contributed by atoms with Crippen molar-refractivity contribution in [2.24, 2.45) is 11.8 Å². The number of amides is 1. The van der Waals surface area contributed by atoms with Crippen LogP contribution >= 0.6 is 15.9 Å². The van der Waals surface area contributed by atoms with E-state index in [0.29, 0.717) is 23.4 Å². The van der Waals surface area contributed by atoms with Crippen molar-refractivity contribution in [1.82, 2.24) is 40.4 Å². The van der Waals surface area contributed by atoms with Crippen LogP contribution in [0.5, 0.6) is 0 Å². The molecule has 1 aliphatic carbocycles.